The Kier molecular flexibility index (Phi) is 4.13. The Morgan fingerprint density at radius 2 is 2.32 bits per heavy atom. The number of carbonyl (C=O) groups excluding carboxylic acids is 2. The summed E-state index contributed by atoms with van der Waals surface area (Å²) in [6.07, 6.45) is 2.13. The van der Waals surface area contributed by atoms with Crippen LogP contribution in [0, 0.1) is 5.92 Å². The van der Waals surface area contributed by atoms with Crippen LogP contribution in [-0.4, -0.2) is 46.0 Å². The molecule has 7 nitrogen and oxygen atoms in total. The third-order valence-electron chi connectivity index (χ3n) is 3.18. The smallest absolute Gasteiger partial charge is 0.245 e. The van der Waals surface area contributed by atoms with Crippen LogP contribution >= 0.6 is 0 Å². The lowest BCUT2D eigenvalue weighted by Gasteiger charge is -2.25. The van der Waals surface area contributed by atoms with Crippen molar-refractivity contribution in [2.75, 3.05) is 13.1 Å². The molecule has 2 heterocycles. The lowest BCUT2D eigenvalue weighted by molar-refractivity contribution is -0.134. The summed E-state index contributed by atoms with van der Waals surface area (Å²) in [4.78, 5) is 29.5. The number of rotatable bonds is 4. The number of aromatic nitrogens is 2. The van der Waals surface area contributed by atoms with Crippen molar-refractivity contribution in [3.63, 3.8) is 0 Å². The van der Waals surface area contributed by atoms with Gasteiger partial charge in [-0.05, 0) is 5.92 Å². The summed E-state index contributed by atoms with van der Waals surface area (Å²) in [5.41, 5.74) is 0. The van der Waals surface area contributed by atoms with E-state index < -0.39 is 6.04 Å². The highest BCUT2D eigenvalue weighted by Gasteiger charge is 2.31. The first-order valence-electron chi connectivity index (χ1n) is 6.41. The average Bonchev–Trinajstić information content (AvgIpc) is 2.83. The van der Waals surface area contributed by atoms with E-state index in [1.54, 1.807) is 4.90 Å². The summed E-state index contributed by atoms with van der Waals surface area (Å²) < 4.78 is 4.65. The largest absolute Gasteiger partial charge is 0.344 e. The van der Waals surface area contributed by atoms with Crippen molar-refractivity contribution in [2.24, 2.45) is 5.92 Å². The number of nitrogens with zero attached hydrogens (tertiary/aromatic N) is 3. The molecule has 1 fully saturated rings. The van der Waals surface area contributed by atoms with Crippen LogP contribution < -0.4 is 5.32 Å². The van der Waals surface area contributed by atoms with E-state index in [4.69, 9.17) is 0 Å². The van der Waals surface area contributed by atoms with Crippen molar-refractivity contribution >= 4 is 11.8 Å². The first kappa shape index (κ1) is 13.5. The highest BCUT2D eigenvalue weighted by atomic mass is 16.5. The van der Waals surface area contributed by atoms with E-state index in [0.29, 0.717) is 31.8 Å². The number of amides is 2. The molecule has 0 spiro atoms. The molecule has 1 aliphatic heterocycles. The maximum absolute atomic E-state index is 12.3. The number of hydrogen-bond donors (Lipinski definition) is 1. The zero-order valence-electron chi connectivity index (χ0n) is 11.1. The van der Waals surface area contributed by atoms with Gasteiger partial charge in [-0.15, -0.1) is 0 Å². The van der Waals surface area contributed by atoms with Gasteiger partial charge in [0.1, 0.15) is 6.04 Å². The van der Waals surface area contributed by atoms with Gasteiger partial charge < -0.3 is 14.7 Å². The van der Waals surface area contributed by atoms with Crippen LogP contribution in [0.25, 0.3) is 0 Å². The van der Waals surface area contributed by atoms with Crippen molar-refractivity contribution in [3.05, 3.63) is 12.2 Å². The maximum atomic E-state index is 12.3. The molecule has 2 rings (SSSR count). The first-order chi connectivity index (χ1) is 9.08. The Morgan fingerprint density at radius 1 is 1.53 bits per heavy atom. The molecule has 19 heavy (non-hydrogen) atoms. The van der Waals surface area contributed by atoms with Crippen LogP contribution in [0.2, 0.25) is 0 Å². The molecule has 7 heteroatoms. The first-order valence-corrected chi connectivity index (χ1v) is 6.41. The normalized spacial score (nSPS) is 20.6. The minimum Gasteiger partial charge on any atom is -0.344 e. The van der Waals surface area contributed by atoms with E-state index >= 15 is 0 Å². The summed E-state index contributed by atoms with van der Waals surface area (Å²) >= 11 is 0. The van der Waals surface area contributed by atoms with E-state index in [9.17, 15) is 9.59 Å². The molecule has 0 aliphatic carbocycles. The zero-order chi connectivity index (χ0) is 13.8. The van der Waals surface area contributed by atoms with Crippen LogP contribution in [0.1, 0.15) is 26.1 Å². The Morgan fingerprint density at radius 3 is 2.95 bits per heavy atom. The average molecular weight is 266 g/mol. The van der Waals surface area contributed by atoms with Gasteiger partial charge in [0.25, 0.3) is 0 Å². The van der Waals surface area contributed by atoms with Crippen molar-refractivity contribution in [2.45, 2.75) is 32.7 Å². The van der Waals surface area contributed by atoms with Gasteiger partial charge in [0.2, 0.25) is 18.2 Å². The molecule has 1 aromatic heterocycles. The topological polar surface area (TPSA) is 88.3 Å². The number of nitrogens with one attached hydrogen (secondary N) is 1. The molecule has 0 aromatic carbocycles. The fourth-order valence-electron chi connectivity index (χ4n) is 2.06. The molecule has 2 amide bonds. The SMILES string of the molecule is CC(C)C1NC(=O)CCN(CCc2ncon2)C1=O. The quantitative estimate of drug-likeness (QED) is 0.827. The van der Waals surface area contributed by atoms with Gasteiger partial charge in [0.05, 0.1) is 0 Å². The summed E-state index contributed by atoms with van der Waals surface area (Å²) in [5, 5.41) is 6.48. The van der Waals surface area contributed by atoms with Crippen molar-refractivity contribution in [3.8, 4) is 0 Å². The predicted octanol–water partition coefficient (Wildman–Crippen LogP) is -0.0148. The molecule has 0 saturated carbocycles. The monoisotopic (exact) mass is 266 g/mol. The second-order valence-corrected chi connectivity index (χ2v) is 4.96. The fraction of sp³-hybridized carbons (Fsp3) is 0.667. The van der Waals surface area contributed by atoms with Gasteiger partial charge in [-0.3, -0.25) is 9.59 Å². The summed E-state index contributed by atoms with van der Waals surface area (Å²) in [6.45, 7) is 4.78. The Labute approximate surface area is 111 Å². The van der Waals surface area contributed by atoms with Gasteiger partial charge in [0, 0.05) is 25.9 Å². The minimum absolute atomic E-state index is 0.0376. The molecule has 0 radical (unpaired) electrons. The van der Waals surface area contributed by atoms with Gasteiger partial charge >= 0.3 is 0 Å². The molecular formula is C12H18N4O3. The van der Waals surface area contributed by atoms with Gasteiger partial charge in [0.15, 0.2) is 5.82 Å². The van der Waals surface area contributed by atoms with Crippen LogP contribution in [0.15, 0.2) is 10.9 Å². The Balaban J connectivity index is 2.01. The molecular weight excluding hydrogens is 248 g/mol. The van der Waals surface area contributed by atoms with Crippen LogP contribution in [0.5, 0.6) is 0 Å². The summed E-state index contributed by atoms with van der Waals surface area (Å²) in [5.74, 6) is 0.526. The Bertz CT molecular complexity index is 444. The van der Waals surface area contributed by atoms with E-state index in [-0.39, 0.29) is 17.7 Å². The van der Waals surface area contributed by atoms with Crippen molar-refractivity contribution in [1.82, 2.24) is 20.4 Å². The maximum Gasteiger partial charge on any atom is 0.245 e. The fourth-order valence-corrected chi connectivity index (χ4v) is 2.06. The standard InChI is InChI=1S/C12H18N4O3/c1-8(2)11-12(18)16(6-4-10(17)14-11)5-3-9-13-7-19-15-9/h7-8,11H,3-6H2,1-2H3,(H,14,17). The molecule has 1 N–H and O–H groups in total. The van der Waals surface area contributed by atoms with Crippen LogP contribution in [0.3, 0.4) is 0 Å². The molecule has 1 unspecified atom stereocenters. The van der Waals surface area contributed by atoms with Crippen molar-refractivity contribution in [1.29, 1.82) is 0 Å². The summed E-state index contributed by atoms with van der Waals surface area (Å²) in [6, 6.07) is -0.444. The lowest BCUT2D eigenvalue weighted by atomic mass is 10.0. The highest BCUT2D eigenvalue weighted by molar-refractivity contribution is 5.90. The molecule has 1 aromatic rings. The van der Waals surface area contributed by atoms with Gasteiger partial charge in [-0.1, -0.05) is 19.0 Å². The molecule has 1 saturated heterocycles. The number of hydrogen-bond acceptors (Lipinski definition) is 5. The molecule has 0 bridgehead atoms. The Hall–Kier alpha value is -1.92. The highest BCUT2D eigenvalue weighted by Crippen LogP contribution is 2.11. The third kappa shape index (κ3) is 3.30. The second-order valence-electron chi connectivity index (χ2n) is 4.96. The van der Waals surface area contributed by atoms with E-state index in [0.717, 1.165) is 0 Å². The number of carbonyl (C=O) groups is 2. The molecule has 1 aliphatic rings. The third-order valence-corrected chi connectivity index (χ3v) is 3.18. The molecule has 104 valence electrons. The van der Waals surface area contributed by atoms with E-state index in [1.807, 2.05) is 13.8 Å². The van der Waals surface area contributed by atoms with Crippen LogP contribution in [-0.2, 0) is 16.0 Å². The van der Waals surface area contributed by atoms with Crippen molar-refractivity contribution < 1.29 is 14.1 Å². The summed E-state index contributed by atoms with van der Waals surface area (Å²) in [7, 11) is 0. The van der Waals surface area contributed by atoms with Gasteiger partial charge in [-0.25, -0.2) is 0 Å². The lowest BCUT2D eigenvalue weighted by Crippen LogP contribution is -2.48. The van der Waals surface area contributed by atoms with Gasteiger partial charge in [-0.2, -0.15) is 4.98 Å². The minimum atomic E-state index is -0.444. The van der Waals surface area contributed by atoms with E-state index in [2.05, 4.69) is 20.0 Å². The van der Waals surface area contributed by atoms with Crippen LogP contribution in [0.4, 0.5) is 0 Å². The second kappa shape index (κ2) is 5.81. The predicted molar refractivity (Wildman–Crippen MR) is 66.0 cm³/mol. The zero-order valence-corrected chi connectivity index (χ0v) is 11.1. The van der Waals surface area contributed by atoms with E-state index in [1.165, 1.54) is 6.39 Å². The molecule has 1 atom stereocenters.